The quantitative estimate of drug-likeness (QED) is 0.524. The van der Waals surface area contributed by atoms with Crippen molar-refractivity contribution in [2.45, 2.75) is 18.9 Å². The molecule has 1 unspecified atom stereocenters. The lowest BCUT2D eigenvalue weighted by atomic mass is 10.2. The fraction of sp³-hybridized carbons (Fsp3) is 0.429. The van der Waals surface area contributed by atoms with Gasteiger partial charge in [0.25, 0.3) is 0 Å². The van der Waals surface area contributed by atoms with E-state index in [0.29, 0.717) is 12.8 Å². The van der Waals surface area contributed by atoms with Crippen molar-refractivity contribution in [1.29, 1.82) is 0 Å². The van der Waals surface area contributed by atoms with Crippen molar-refractivity contribution in [1.82, 2.24) is 0 Å². The second kappa shape index (κ2) is 2.78. The molecule has 0 spiro atoms. The summed E-state index contributed by atoms with van der Waals surface area (Å²) in [5.74, 6) is -0.244. The van der Waals surface area contributed by atoms with Crippen LogP contribution < -0.4 is 0 Å². The summed E-state index contributed by atoms with van der Waals surface area (Å²) in [6.07, 6.45) is 5.04. The van der Waals surface area contributed by atoms with Gasteiger partial charge in [0.05, 0.1) is 6.10 Å². The highest BCUT2D eigenvalue weighted by Crippen LogP contribution is 2.10. The van der Waals surface area contributed by atoms with Crippen LogP contribution in [0, 0.1) is 0 Å². The number of aliphatic hydroxyl groups excluding tert-OH is 1. The second-order valence-electron chi connectivity index (χ2n) is 2.09. The summed E-state index contributed by atoms with van der Waals surface area (Å²) in [5, 5.41) is 8.92. The van der Waals surface area contributed by atoms with Crippen LogP contribution in [0.4, 0.5) is 4.39 Å². The van der Waals surface area contributed by atoms with Crippen LogP contribution in [-0.4, -0.2) is 11.2 Å². The van der Waals surface area contributed by atoms with Gasteiger partial charge in [-0.1, -0.05) is 6.08 Å². The van der Waals surface area contributed by atoms with Gasteiger partial charge in [0.1, 0.15) is 5.83 Å². The molecule has 0 aromatic heterocycles. The van der Waals surface area contributed by atoms with Gasteiger partial charge in [0, 0.05) is 0 Å². The monoisotopic (exact) mass is 128 g/mol. The molecule has 1 rings (SSSR count). The van der Waals surface area contributed by atoms with E-state index in [1.807, 2.05) is 0 Å². The van der Waals surface area contributed by atoms with Crippen molar-refractivity contribution in [3.8, 4) is 0 Å². The molecule has 0 radical (unpaired) electrons. The van der Waals surface area contributed by atoms with Crippen LogP contribution in [0.2, 0.25) is 0 Å². The van der Waals surface area contributed by atoms with Gasteiger partial charge in [-0.25, -0.2) is 4.39 Å². The molecule has 2 heteroatoms. The molecule has 0 bridgehead atoms. The van der Waals surface area contributed by atoms with Crippen molar-refractivity contribution >= 4 is 0 Å². The fourth-order valence-electron chi connectivity index (χ4n) is 0.759. The van der Waals surface area contributed by atoms with Crippen molar-refractivity contribution in [3.63, 3.8) is 0 Å². The lowest BCUT2D eigenvalue weighted by Gasteiger charge is -1.97. The first-order valence-electron chi connectivity index (χ1n) is 3.01. The van der Waals surface area contributed by atoms with Crippen LogP contribution in [0.5, 0.6) is 0 Å². The molecule has 1 aliphatic carbocycles. The number of rotatable bonds is 0. The summed E-state index contributed by atoms with van der Waals surface area (Å²) >= 11 is 0. The minimum atomic E-state index is -0.463. The highest BCUT2D eigenvalue weighted by molar-refractivity contribution is 5.14. The SMILES string of the molecule is OC1C=CC(F)=CCC1. The van der Waals surface area contributed by atoms with Crippen LogP contribution in [0.15, 0.2) is 24.1 Å². The van der Waals surface area contributed by atoms with Gasteiger partial charge in [-0.05, 0) is 25.0 Å². The molecule has 0 heterocycles. The molecule has 0 amide bonds. The lowest BCUT2D eigenvalue weighted by Crippen LogP contribution is -1.98. The second-order valence-corrected chi connectivity index (χ2v) is 2.09. The predicted molar refractivity (Wildman–Crippen MR) is 33.6 cm³/mol. The Morgan fingerprint density at radius 2 is 2.44 bits per heavy atom. The third-order valence-electron chi connectivity index (χ3n) is 1.28. The van der Waals surface area contributed by atoms with E-state index in [-0.39, 0.29) is 5.83 Å². The summed E-state index contributed by atoms with van der Waals surface area (Å²) in [6, 6.07) is 0. The maximum atomic E-state index is 12.3. The highest BCUT2D eigenvalue weighted by Gasteiger charge is 2.01. The summed E-state index contributed by atoms with van der Waals surface area (Å²) in [4.78, 5) is 0. The molecular formula is C7H9FO. The van der Waals surface area contributed by atoms with E-state index in [4.69, 9.17) is 5.11 Å². The average Bonchev–Trinajstić information content (AvgIpc) is 1.97. The van der Waals surface area contributed by atoms with Crippen LogP contribution >= 0.6 is 0 Å². The summed E-state index contributed by atoms with van der Waals surface area (Å²) in [6.45, 7) is 0. The van der Waals surface area contributed by atoms with E-state index in [1.54, 1.807) is 0 Å². The maximum Gasteiger partial charge on any atom is 0.119 e. The topological polar surface area (TPSA) is 20.2 Å². The summed E-state index contributed by atoms with van der Waals surface area (Å²) < 4.78 is 12.3. The van der Waals surface area contributed by atoms with Gasteiger partial charge >= 0.3 is 0 Å². The standard InChI is InChI=1S/C7H9FO/c8-6-2-1-3-7(9)5-4-6/h2,4-5,7,9H,1,3H2. The molecule has 0 aliphatic heterocycles. The molecule has 0 saturated heterocycles. The largest absolute Gasteiger partial charge is 0.389 e. The van der Waals surface area contributed by atoms with Gasteiger partial charge in [0.15, 0.2) is 0 Å². The van der Waals surface area contributed by atoms with Gasteiger partial charge in [-0.3, -0.25) is 0 Å². The third-order valence-corrected chi connectivity index (χ3v) is 1.28. The molecule has 0 fully saturated rings. The van der Waals surface area contributed by atoms with Crippen molar-refractivity contribution in [3.05, 3.63) is 24.1 Å². The molecule has 1 aliphatic rings. The van der Waals surface area contributed by atoms with Gasteiger partial charge < -0.3 is 5.11 Å². The van der Waals surface area contributed by atoms with Crippen molar-refractivity contribution < 1.29 is 9.50 Å². The zero-order valence-corrected chi connectivity index (χ0v) is 5.05. The summed E-state index contributed by atoms with van der Waals surface area (Å²) in [7, 11) is 0. The van der Waals surface area contributed by atoms with E-state index < -0.39 is 6.10 Å². The zero-order valence-electron chi connectivity index (χ0n) is 5.05. The first-order chi connectivity index (χ1) is 4.29. The first kappa shape index (κ1) is 6.49. The number of hydrogen-bond acceptors (Lipinski definition) is 1. The molecule has 1 N–H and O–H groups in total. The Balaban J connectivity index is 2.58. The van der Waals surface area contributed by atoms with E-state index in [1.165, 1.54) is 18.2 Å². The first-order valence-corrected chi connectivity index (χ1v) is 3.01. The van der Waals surface area contributed by atoms with Crippen molar-refractivity contribution in [2.75, 3.05) is 0 Å². The minimum absolute atomic E-state index is 0.244. The van der Waals surface area contributed by atoms with E-state index in [0.717, 1.165) is 0 Å². The van der Waals surface area contributed by atoms with Crippen LogP contribution in [0.3, 0.4) is 0 Å². The van der Waals surface area contributed by atoms with Gasteiger partial charge in [-0.15, -0.1) is 0 Å². The van der Waals surface area contributed by atoms with Gasteiger partial charge in [0.2, 0.25) is 0 Å². The van der Waals surface area contributed by atoms with Gasteiger partial charge in [-0.2, -0.15) is 0 Å². The molecule has 50 valence electrons. The Kier molecular flexibility index (Phi) is 2.01. The van der Waals surface area contributed by atoms with Crippen LogP contribution in [-0.2, 0) is 0 Å². The Morgan fingerprint density at radius 3 is 3.22 bits per heavy atom. The van der Waals surface area contributed by atoms with E-state index in [9.17, 15) is 4.39 Å². The molecule has 0 saturated carbocycles. The number of hydrogen-bond donors (Lipinski definition) is 1. The molecule has 9 heavy (non-hydrogen) atoms. The third kappa shape index (κ3) is 1.98. The number of halogens is 1. The average molecular weight is 128 g/mol. The fourth-order valence-corrected chi connectivity index (χ4v) is 0.759. The normalized spacial score (nSPS) is 27.3. The predicted octanol–water partition coefficient (Wildman–Crippen LogP) is 1.55. The number of aliphatic hydroxyl groups is 1. The summed E-state index contributed by atoms with van der Waals surface area (Å²) in [5.41, 5.74) is 0. The Bertz CT molecular complexity index is 149. The molecule has 0 aromatic rings. The van der Waals surface area contributed by atoms with E-state index in [2.05, 4.69) is 0 Å². The Morgan fingerprint density at radius 1 is 1.67 bits per heavy atom. The van der Waals surface area contributed by atoms with Crippen LogP contribution in [0.1, 0.15) is 12.8 Å². The lowest BCUT2D eigenvalue weighted by molar-refractivity contribution is 0.214. The maximum absolute atomic E-state index is 12.3. The Labute approximate surface area is 53.5 Å². The highest BCUT2D eigenvalue weighted by atomic mass is 19.1. The molecule has 1 atom stereocenters. The Hall–Kier alpha value is -0.630. The smallest absolute Gasteiger partial charge is 0.119 e. The van der Waals surface area contributed by atoms with E-state index >= 15 is 0 Å². The molecule has 1 nitrogen and oxygen atoms in total. The van der Waals surface area contributed by atoms with Crippen molar-refractivity contribution in [2.24, 2.45) is 0 Å². The molecular weight excluding hydrogens is 119 g/mol. The minimum Gasteiger partial charge on any atom is -0.389 e. The van der Waals surface area contributed by atoms with Crippen LogP contribution in [0.25, 0.3) is 0 Å². The number of allylic oxidation sites excluding steroid dienone is 3. The molecule has 0 aromatic carbocycles. The zero-order chi connectivity index (χ0) is 6.69.